The number of rotatable bonds is 11. The fourth-order valence-electron chi connectivity index (χ4n) is 14.2. The highest BCUT2D eigenvalue weighted by atomic mass is 16.2. The molecule has 4 saturated heterocycles. The second-order valence-electron chi connectivity index (χ2n) is 23.7. The van der Waals surface area contributed by atoms with Crippen molar-refractivity contribution in [3.05, 3.63) is 65.5 Å². The second-order valence-corrected chi connectivity index (χ2v) is 23.7. The predicted molar refractivity (Wildman–Crippen MR) is 284 cm³/mol. The van der Waals surface area contributed by atoms with Gasteiger partial charge in [-0.25, -0.2) is 9.97 Å². The number of imide groups is 2. The molecule has 18 heteroatoms. The molecule has 2 aromatic heterocycles. The van der Waals surface area contributed by atoms with Crippen LogP contribution >= 0.6 is 0 Å². The van der Waals surface area contributed by atoms with Crippen LogP contribution in [0.15, 0.2) is 48.8 Å². The molecule has 2 aromatic carbocycles. The van der Waals surface area contributed by atoms with E-state index in [1.807, 2.05) is 16.1 Å². The maximum atomic E-state index is 15.3. The van der Waals surface area contributed by atoms with Crippen molar-refractivity contribution in [2.75, 3.05) is 54.8 Å². The molecule has 3 N–H and O–H groups in total. The summed E-state index contributed by atoms with van der Waals surface area (Å²) in [6.45, 7) is 8.47. The lowest BCUT2D eigenvalue weighted by molar-refractivity contribution is -0.140. The van der Waals surface area contributed by atoms with E-state index in [9.17, 15) is 28.8 Å². The summed E-state index contributed by atoms with van der Waals surface area (Å²) in [4.78, 5) is 115. The first-order valence-electron chi connectivity index (χ1n) is 28.4. The molecule has 9 aliphatic rings. The van der Waals surface area contributed by atoms with Crippen LogP contribution in [0.5, 0.6) is 0 Å². The van der Waals surface area contributed by atoms with Crippen molar-refractivity contribution >= 4 is 69.6 Å². The molecule has 1 spiro atoms. The van der Waals surface area contributed by atoms with Crippen molar-refractivity contribution in [1.29, 1.82) is 0 Å². The zero-order valence-corrected chi connectivity index (χ0v) is 43.7. The van der Waals surface area contributed by atoms with Gasteiger partial charge in [-0.3, -0.25) is 43.8 Å². The van der Waals surface area contributed by atoms with Crippen molar-refractivity contribution in [3.8, 4) is 11.3 Å². The number of hydrogen-bond donors (Lipinski definition) is 3. The summed E-state index contributed by atoms with van der Waals surface area (Å²) in [5.74, 6) is -1.48. The first-order valence-corrected chi connectivity index (χ1v) is 28.4. The maximum absolute atomic E-state index is 15.3. The number of amides is 7. The number of imidazole rings is 1. The van der Waals surface area contributed by atoms with Crippen LogP contribution in [0.3, 0.4) is 0 Å². The van der Waals surface area contributed by atoms with E-state index in [4.69, 9.17) is 9.97 Å². The number of carbonyl (C=O) groups excluding carboxylic acids is 7. The van der Waals surface area contributed by atoms with Crippen molar-refractivity contribution in [3.63, 3.8) is 0 Å². The zero-order chi connectivity index (χ0) is 52.1. The topological polar surface area (TPSA) is 202 Å². The van der Waals surface area contributed by atoms with Gasteiger partial charge in [0.05, 0.1) is 40.0 Å². The Hall–Kier alpha value is -6.69. The highest BCUT2D eigenvalue weighted by molar-refractivity contribution is 6.25. The molecule has 6 aliphatic heterocycles. The lowest BCUT2D eigenvalue weighted by Crippen LogP contribution is -2.58. The number of fused-ring (bicyclic) bond motifs is 4. The normalized spacial score (nSPS) is 27.6. The molecule has 3 aliphatic carbocycles. The van der Waals surface area contributed by atoms with Gasteiger partial charge < -0.3 is 34.8 Å². The van der Waals surface area contributed by atoms with Gasteiger partial charge in [-0.15, -0.1) is 0 Å². The van der Waals surface area contributed by atoms with E-state index in [0.717, 1.165) is 83.0 Å². The average molecular weight is 1030 g/mol. The second kappa shape index (κ2) is 19.1. The third-order valence-corrected chi connectivity index (χ3v) is 18.8. The minimum Gasteiger partial charge on any atom is -0.382 e. The van der Waals surface area contributed by atoms with Crippen LogP contribution in [0.4, 0.5) is 17.2 Å². The van der Waals surface area contributed by atoms with Gasteiger partial charge in [0.1, 0.15) is 11.6 Å². The lowest BCUT2D eigenvalue weighted by Gasteiger charge is -2.48. The number of anilines is 3. The van der Waals surface area contributed by atoms with Crippen molar-refractivity contribution < 1.29 is 33.6 Å². The van der Waals surface area contributed by atoms with Gasteiger partial charge in [0.15, 0.2) is 5.82 Å². The monoisotopic (exact) mass is 1030 g/mol. The number of carbonyl (C=O) groups is 7. The lowest BCUT2D eigenvalue weighted by atomic mass is 9.73. The molecule has 2 atom stereocenters. The Bertz CT molecular complexity index is 3060. The van der Waals surface area contributed by atoms with E-state index in [1.165, 1.54) is 19.3 Å². The van der Waals surface area contributed by atoms with Crippen molar-refractivity contribution in [1.82, 2.24) is 39.5 Å². The first kappa shape index (κ1) is 48.9. The number of aromatic nitrogens is 3. The van der Waals surface area contributed by atoms with Crippen LogP contribution in [0, 0.1) is 11.8 Å². The Morgan fingerprint density at radius 2 is 1.47 bits per heavy atom. The molecule has 76 heavy (non-hydrogen) atoms. The molecular weight excluding hydrogens is 963 g/mol. The number of piperidine rings is 3. The number of benzene rings is 2. The average Bonchev–Trinajstić information content (AvgIpc) is 3.89. The van der Waals surface area contributed by atoms with E-state index < -0.39 is 35.1 Å². The summed E-state index contributed by atoms with van der Waals surface area (Å²) in [6.07, 6.45) is 14.4. The van der Waals surface area contributed by atoms with Gasteiger partial charge in [-0.2, -0.15) is 0 Å². The van der Waals surface area contributed by atoms with Crippen LogP contribution in [0.1, 0.15) is 149 Å². The summed E-state index contributed by atoms with van der Waals surface area (Å²) in [7, 11) is 0. The van der Waals surface area contributed by atoms with Gasteiger partial charge in [0, 0.05) is 85.7 Å². The molecule has 7 amide bonds. The quantitative estimate of drug-likeness (QED) is 0.140. The smallest absolute Gasteiger partial charge is 0.264 e. The van der Waals surface area contributed by atoms with Crippen LogP contribution in [-0.2, 0) is 29.4 Å². The van der Waals surface area contributed by atoms with E-state index in [0.29, 0.717) is 88.9 Å². The van der Waals surface area contributed by atoms with E-state index in [-0.39, 0.29) is 71.7 Å². The molecule has 398 valence electrons. The molecule has 0 radical (unpaired) electrons. The summed E-state index contributed by atoms with van der Waals surface area (Å²) < 4.78 is 2.18. The Morgan fingerprint density at radius 3 is 2.21 bits per heavy atom. The standard InChI is InChI=1S/C58H69N11O7/c1-33(2)67-32-59-45-30-44(62-51(50(45)67)61-38-14-15-38)35-11-16-42-47(27-35)68(40-28-39(29-40)64-22-4-3-5-23-64)57(76)58(42)20-25-65(26-21-58)54(73)36-19-24-66(31-36)53(72)34-9-12-37(13-10-34)60-43-8-6-7-41-49(43)56(75)69(55(41)74)46-17-18-48(70)63-52(46)71/h6-8,11,16,27,30,32-34,36-40,46,60H,3-5,9-10,12-15,17-26,28-29,31H2,1-2H3,(H,61,62)(H,63,70,71)/t34-,36-,37-,39-,40+,46?/m1/s1. The summed E-state index contributed by atoms with van der Waals surface area (Å²) in [5, 5.41) is 9.42. The van der Waals surface area contributed by atoms with Crippen LogP contribution in [0.2, 0.25) is 0 Å². The third kappa shape index (κ3) is 8.35. The molecule has 13 rings (SSSR count). The number of pyridine rings is 1. The van der Waals surface area contributed by atoms with Gasteiger partial charge in [-0.1, -0.05) is 24.6 Å². The molecule has 3 saturated carbocycles. The molecule has 4 aromatic rings. The number of likely N-dealkylation sites (tertiary alicyclic amines) is 3. The predicted octanol–water partition coefficient (Wildman–Crippen LogP) is 6.40. The summed E-state index contributed by atoms with van der Waals surface area (Å²) >= 11 is 0. The maximum Gasteiger partial charge on any atom is 0.264 e. The third-order valence-electron chi connectivity index (χ3n) is 18.8. The van der Waals surface area contributed by atoms with Crippen molar-refractivity contribution in [2.45, 2.75) is 158 Å². The molecule has 1 unspecified atom stereocenters. The van der Waals surface area contributed by atoms with Gasteiger partial charge >= 0.3 is 0 Å². The minimum absolute atomic E-state index is 0.0353. The fourth-order valence-corrected chi connectivity index (χ4v) is 14.2. The van der Waals surface area contributed by atoms with Crippen LogP contribution in [0.25, 0.3) is 22.3 Å². The zero-order valence-electron chi connectivity index (χ0n) is 43.7. The Labute approximate surface area is 442 Å². The Morgan fingerprint density at radius 1 is 0.737 bits per heavy atom. The number of nitrogens with one attached hydrogen (secondary N) is 3. The van der Waals surface area contributed by atoms with Gasteiger partial charge in [0.25, 0.3) is 11.8 Å². The van der Waals surface area contributed by atoms with Gasteiger partial charge in [-0.05, 0) is 147 Å². The summed E-state index contributed by atoms with van der Waals surface area (Å²) in [5.41, 5.74) is 6.01. The van der Waals surface area contributed by atoms with E-state index >= 15 is 4.79 Å². The number of hydrogen-bond acceptors (Lipinski definition) is 12. The molecule has 18 nitrogen and oxygen atoms in total. The molecule has 8 heterocycles. The van der Waals surface area contributed by atoms with E-state index in [2.05, 4.69) is 68.4 Å². The van der Waals surface area contributed by atoms with Gasteiger partial charge in [0.2, 0.25) is 29.5 Å². The Kier molecular flexibility index (Phi) is 12.3. The van der Waals surface area contributed by atoms with E-state index in [1.54, 1.807) is 18.2 Å². The molecule has 7 fully saturated rings. The Balaban J connectivity index is 0.661. The highest BCUT2D eigenvalue weighted by Gasteiger charge is 2.56. The molecular formula is C58H69N11O7. The molecule has 0 bridgehead atoms. The fraction of sp³-hybridized carbons (Fsp3) is 0.569. The van der Waals surface area contributed by atoms with Crippen LogP contribution < -0.4 is 20.9 Å². The van der Waals surface area contributed by atoms with Crippen molar-refractivity contribution in [2.24, 2.45) is 11.8 Å². The largest absolute Gasteiger partial charge is 0.382 e. The minimum atomic E-state index is -1.04. The number of nitrogens with zero attached hydrogens (tertiary/aromatic N) is 8. The SMILES string of the molecule is CC(C)n1cnc2cc(-c3ccc4c(c3)N([C@H]3C[C@@H](N5CCCCC5)C3)C(=O)C43CCN(C(=O)[C@@H]4CCN(C(=O)[C@H]5CC[C@H](Nc6cccc7c6C(=O)N(C6CCC(=O)NC6=O)C7=O)CC5)C4)CC3)nc(NC3CC3)c21. The summed E-state index contributed by atoms with van der Waals surface area (Å²) in [6, 6.07) is 13.8. The highest BCUT2D eigenvalue weighted by Crippen LogP contribution is 2.52. The van der Waals surface area contributed by atoms with Crippen LogP contribution in [-0.4, -0.2) is 145 Å². The first-order chi connectivity index (χ1) is 36.8.